The van der Waals surface area contributed by atoms with Crippen LogP contribution in [0.15, 0.2) is 35.4 Å². The van der Waals surface area contributed by atoms with Gasteiger partial charge in [0.05, 0.1) is 0 Å². The third-order valence-corrected chi connectivity index (χ3v) is 79.0. The van der Waals surface area contributed by atoms with Crippen molar-refractivity contribution in [3.63, 3.8) is 0 Å². The van der Waals surface area contributed by atoms with Crippen molar-refractivity contribution < 1.29 is 0 Å². The number of hydrogen-bond donors (Lipinski definition) is 0. The van der Waals surface area contributed by atoms with Gasteiger partial charge >= 0.3 is 131 Å². The molecule has 16 heavy (non-hydrogen) atoms. The molecule has 0 spiro atoms. The topological polar surface area (TPSA) is 0 Å². The maximum absolute atomic E-state index is 2.42. The van der Waals surface area contributed by atoms with E-state index in [1.54, 1.807) is 5.32 Å². The Morgan fingerprint density at radius 3 is 2.62 bits per heavy atom. The van der Waals surface area contributed by atoms with Crippen LogP contribution in [-0.2, 0) is 0 Å². The number of hydrogen-bond acceptors (Lipinski definition) is 0. The molecule has 0 radical (unpaired) electrons. The van der Waals surface area contributed by atoms with E-state index in [4.69, 9.17) is 0 Å². The minimum atomic E-state index is 0.850. The van der Waals surface area contributed by atoms with E-state index in [0.29, 0.717) is 0 Å². The Labute approximate surface area is 129 Å². The molecular formula is C10H14Se6. The molecule has 0 N–H and O–H groups in total. The van der Waals surface area contributed by atoms with Crippen molar-refractivity contribution in [2.75, 3.05) is 0 Å². The quantitative estimate of drug-likeness (QED) is 0.361. The first-order valence-electron chi connectivity index (χ1n) is 4.93. The fourth-order valence-electron chi connectivity index (χ4n) is 0.919. The Hall–Kier alpha value is 2.34. The monoisotopic (exact) mass is 614 g/mol. The summed E-state index contributed by atoms with van der Waals surface area (Å²) in [5, 5.41) is 1.56. The molecule has 0 nitrogen and oxygen atoms in total. The maximum atomic E-state index is 2.42. The second-order valence-electron chi connectivity index (χ2n) is 2.83. The van der Waals surface area contributed by atoms with E-state index in [9.17, 15) is 0 Å². The Morgan fingerprint density at radius 1 is 0.750 bits per heavy atom. The predicted octanol–water partition coefficient (Wildman–Crippen LogP) is 1.01. The zero-order valence-electron chi connectivity index (χ0n) is 8.74. The van der Waals surface area contributed by atoms with Gasteiger partial charge in [-0.15, -0.1) is 0 Å². The van der Waals surface area contributed by atoms with Gasteiger partial charge in [-0.1, -0.05) is 0 Å². The van der Waals surface area contributed by atoms with Crippen molar-refractivity contribution >= 4 is 71.5 Å². The molecule has 0 fully saturated rings. The first-order chi connectivity index (χ1) is 8.00. The van der Waals surface area contributed by atoms with E-state index in [2.05, 4.69) is 35.4 Å². The Bertz CT molecular complexity index is 211. The molecule has 6 heteroatoms. The van der Waals surface area contributed by atoms with Crippen LogP contribution in [0.3, 0.4) is 0 Å². The van der Waals surface area contributed by atoms with Crippen molar-refractivity contribution in [3.8, 4) is 0 Å². The van der Waals surface area contributed by atoms with Gasteiger partial charge in [0.25, 0.3) is 0 Å². The SMILES string of the molecule is C1=C\[Se][Se][Se][Se][Se][Se]CCCC/C=C/C=C/1. The van der Waals surface area contributed by atoms with Gasteiger partial charge in [0.15, 0.2) is 0 Å². The van der Waals surface area contributed by atoms with Gasteiger partial charge in [0.2, 0.25) is 0 Å². The third kappa shape index (κ3) is 11.4. The Kier molecular flexibility index (Phi) is 14.1. The van der Waals surface area contributed by atoms with E-state index in [0.717, 1.165) is 71.5 Å². The normalized spacial score (nSPS) is 27.0. The first-order valence-corrected chi connectivity index (χ1v) is 28.8. The van der Waals surface area contributed by atoms with Crippen LogP contribution >= 0.6 is 0 Å². The molecule has 0 atom stereocenters. The molecule has 0 saturated carbocycles. The summed E-state index contributed by atoms with van der Waals surface area (Å²) in [6, 6.07) is 0. The molecular weight excluding hydrogens is 594 g/mol. The summed E-state index contributed by atoms with van der Waals surface area (Å²) in [6.45, 7) is 0. The molecule has 1 rings (SSSR count). The second-order valence-corrected chi connectivity index (χ2v) is 47.7. The first kappa shape index (κ1) is 16.4. The van der Waals surface area contributed by atoms with Crippen LogP contribution in [0.4, 0.5) is 0 Å². The van der Waals surface area contributed by atoms with Crippen LogP contribution in [0.1, 0.15) is 19.3 Å². The summed E-state index contributed by atoms with van der Waals surface area (Å²) in [7, 11) is 0. The van der Waals surface area contributed by atoms with Gasteiger partial charge in [-0.05, 0) is 0 Å². The fourth-order valence-corrected chi connectivity index (χ4v) is 124. The summed E-state index contributed by atoms with van der Waals surface area (Å²) in [6.07, 6.45) is 15.3. The van der Waals surface area contributed by atoms with Crippen LogP contribution in [0.5, 0.6) is 0 Å². The van der Waals surface area contributed by atoms with Crippen LogP contribution in [0.2, 0.25) is 5.32 Å². The molecule has 0 saturated heterocycles. The summed E-state index contributed by atoms with van der Waals surface area (Å²) in [5.41, 5.74) is 0. The summed E-state index contributed by atoms with van der Waals surface area (Å²) < 4.78 is 0. The van der Waals surface area contributed by atoms with E-state index in [-0.39, 0.29) is 0 Å². The van der Waals surface area contributed by atoms with Crippen molar-refractivity contribution in [2.24, 2.45) is 0 Å². The van der Waals surface area contributed by atoms with Gasteiger partial charge in [0.1, 0.15) is 0 Å². The molecule has 1 heterocycles. The van der Waals surface area contributed by atoms with Gasteiger partial charge in [-0.25, -0.2) is 0 Å². The molecule has 0 aromatic carbocycles. The predicted molar refractivity (Wildman–Crippen MR) is 80.6 cm³/mol. The van der Waals surface area contributed by atoms with Crippen molar-refractivity contribution in [1.82, 2.24) is 0 Å². The second kappa shape index (κ2) is 13.8. The molecule has 0 aromatic heterocycles. The van der Waals surface area contributed by atoms with E-state index >= 15 is 0 Å². The Balaban J connectivity index is 2.23. The van der Waals surface area contributed by atoms with Gasteiger partial charge < -0.3 is 0 Å². The van der Waals surface area contributed by atoms with Gasteiger partial charge in [-0.2, -0.15) is 0 Å². The van der Waals surface area contributed by atoms with Crippen molar-refractivity contribution in [1.29, 1.82) is 0 Å². The molecule has 0 unspecified atom stereocenters. The van der Waals surface area contributed by atoms with Crippen LogP contribution in [-0.4, -0.2) is 71.5 Å². The molecule has 0 amide bonds. The third-order valence-electron chi connectivity index (χ3n) is 1.62. The van der Waals surface area contributed by atoms with Crippen molar-refractivity contribution in [3.05, 3.63) is 35.4 Å². The summed E-state index contributed by atoms with van der Waals surface area (Å²) in [4.78, 5) is 2.42. The molecule has 90 valence electrons. The van der Waals surface area contributed by atoms with Crippen molar-refractivity contribution in [2.45, 2.75) is 24.6 Å². The standard InChI is InChI=1S/C10H14Se6/c1-2-4-6-8-10-12-14-16-15-13-11-9-7-5-3-1/h1-3,5,7,9H,4,6,8,10H2/b2-1+,5-3+,9-7-. The van der Waals surface area contributed by atoms with Crippen LogP contribution in [0.25, 0.3) is 0 Å². The Morgan fingerprint density at radius 2 is 1.62 bits per heavy atom. The molecule has 0 aliphatic carbocycles. The van der Waals surface area contributed by atoms with E-state index in [1.165, 1.54) is 19.3 Å². The fraction of sp³-hybridized carbons (Fsp3) is 0.400. The van der Waals surface area contributed by atoms with Gasteiger partial charge in [0, 0.05) is 0 Å². The number of rotatable bonds is 0. The zero-order chi connectivity index (χ0) is 11.3. The molecule has 0 bridgehead atoms. The average Bonchev–Trinajstić information content (AvgIpc) is 2.29. The summed E-state index contributed by atoms with van der Waals surface area (Å²) >= 11 is 6.23. The van der Waals surface area contributed by atoms with E-state index < -0.39 is 0 Å². The molecule has 1 aliphatic rings. The average molecular weight is 608 g/mol. The van der Waals surface area contributed by atoms with Crippen LogP contribution in [0, 0.1) is 0 Å². The zero-order valence-corrected chi connectivity index (χ0v) is 19.0. The molecule has 0 aromatic rings. The van der Waals surface area contributed by atoms with Crippen LogP contribution < -0.4 is 0 Å². The minimum absolute atomic E-state index is 0.850. The van der Waals surface area contributed by atoms with E-state index in [1.807, 2.05) is 0 Å². The van der Waals surface area contributed by atoms with Gasteiger partial charge in [-0.3, -0.25) is 0 Å². The number of allylic oxidation sites excluding steroid dienone is 5. The molecule has 1 aliphatic heterocycles. The summed E-state index contributed by atoms with van der Waals surface area (Å²) in [5.74, 6) is 0.